The fourth-order valence-corrected chi connectivity index (χ4v) is 6.87. The molecule has 1 atom stereocenters. The zero-order valence-electron chi connectivity index (χ0n) is 17.9. The SMILES string of the molecule is O=C(C1CCCN(S(=O)(=O)c2ccc(F)cc2)C1)N1CCN(c2nc3cccnc3s2)CC1. The number of pyridine rings is 1. The van der Waals surface area contributed by atoms with Crippen LogP contribution in [0.3, 0.4) is 0 Å². The van der Waals surface area contributed by atoms with Crippen LogP contribution in [0.1, 0.15) is 12.8 Å². The minimum Gasteiger partial charge on any atom is -0.344 e. The van der Waals surface area contributed by atoms with Crippen molar-refractivity contribution in [2.24, 2.45) is 5.92 Å². The lowest BCUT2D eigenvalue weighted by Crippen LogP contribution is -2.53. The van der Waals surface area contributed by atoms with Gasteiger partial charge in [-0.3, -0.25) is 4.79 Å². The van der Waals surface area contributed by atoms with Crippen LogP contribution in [0.15, 0.2) is 47.5 Å². The van der Waals surface area contributed by atoms with Crippen LogP contribution in [0.4, 0.5) is 9.52 Å². The molecule has 2 aliphatic rings. The van der Waals surface area contributed by atoms with Gasteiger partial charge in [-0.1, -0.05) is 11.3 Å². The standard InChI is InChI=1S/C22H24FN5O3S2/c23-17-5-7-18(8-6-17)33(30,31)28-10-2-3-16(15-28)21(29)26-11-13-27(14-12-26)22-25-19-4-1-9-24-20(19)32-22/h1,4-9,16H,2-3,10-15H2. The second-order valence-electron chi connectivity index (χ2n) is 8.29. The molecule has 2 aliphatic heterocycles. The predicted octanol–water partition coefficient (Wildman–Crippen LogP) is 2.58. The minimum absolute atomic E-state index is 0.000349. The molecule has 2 aromatic heterocycles. The number of nitrogens with zero attached hydrogens (tertiary/aromatic N) is 5. The highest BCUT2D eigenvalue weighted by molar-refractivity contribution is 7.89. The number of benzene rings is 1. The maximum absolute atomic E-state index is 13.2. The molecule has 0 spiro atoms. The van der Waals surface area contributed by atoms with Gasteiger partial charge in [0.25, 0.3) is 0 Å². The van der Waals surface area contributed by atoms with Crippen LogP contribution >= 0.6 is 11.3 Å². The van der Waals surface area contributed by atoms with Crippen LogP contribution in [0.2, 0.25) is 0 Å². The number of piperidine rings is 1. The van der Waals surface area contributed by atoms with E-state index in [0.29, 0.717) is 45.6 Å². The van der Waals surface area contributed by atoms with Crippen molar-refractivity contribution in [3.05, 3.63) is 48.4 Å². The second kappa shape index (κ2) is 8.96. The van der Waals surface area contributed by atoms with Crippen molar-refractivity contribution >= 4 is 42.7 Å². The predicted molar refractivity (Wildman–Crippen MR) is 124 cm³/mol. The molecule has 0 saturated carbocycles. The summed E-state index contributed by atoms with van der Waals surface area (Å²) in [5, 5.41) is 0.907. The van der Waals surface area contributed by atoms with Crippen LogP contribution in [-0.2, 0) is 14.8 Å². The fraction of sp³-hybridized carbons (Fsp3) is 0.409. The first-order valence-corrected chi connectivity index (χ1v) is 13.2. The molecular formula is C22H24FN5O3S2. The number of carbonyl (C=O) groups excluding carboxylic acids is 1. The Hall–Kier alpha value is -2.63. The van der Waals surface area contributed by atoms with E-state index in [9.17, 15) is 17.6 Å². The highest BCUT2D eigenvalue weighted by Gasteiger charge is 2.36. The zero-order chi connectivity index (χ0) is 23.0. The summed E-state index contributed by atoms with van der Waals surface area (Å²) in [6.45, 7) is 3.02. The highest BCUT2D eigenvalue weighted by Crippen LogP contribution is 2.29. The lowest BCUT2D eigenvalue weighted by atomic mass is 9.98. The minimum atomic E-state index is -3.76. The molecule has 33 heavy (non-hydrogen) atoms. The van der Waals surface area contributed by atoms with Gasteiger partial charge in [-0.05, 0) is 49.2 Å². The van der Waals surface area contributed by atoms with Crippen molar-refractivity contribution in [2.75, 3.05) is 44.2 Å². The third kappa shape index (κ3) is 4.44. The Balaban J connectivity index is 1.22. The molecule has 3 aromatic rings. The van der Waals surface area contributed by atoms with Crippen molar-refractivity contribution in [1.82, 2.24) is 19.2 Å². The topological polar surface area (TPSA) is 86.7 Å². The number of anilines is 1. The number of hydrogen-bond donors (Lipinski definition) is 0. The zero-order valence-corrected chi connectivity index (χ0v) is 19.6. The molecular weight excluding hydrogens is 465 g/mol. The molecule has 2 saturated heterocycles. The van der Waals surface area contributed by atoms with Gasteiger partial charge in [-0.25, -0.2) is 22.8 Å². The van der Waals surface area contributed by atoms with E-state index in [1.54, 1.807) is 17.5 Å². The van der Waals surface area contributed by atoms with Gasteiger partial charge in [0.15, 0.2) is 5.13 Å². The molecule has 1 amide bonds. The van der Waals surface area contributed by atoms with E-state index < -0.39 is 15.8 Å². The average molecular weight is 490 g/mol. The molecule has 4 heterocycles. The molecule has 8 nitrogen and oxygen atoms in total. The normalized spacial score (nSPS) is 20.3. The van der Waals surface area contributed by atoms with E-state index >= 15 is 0 Å². The van der Waals surface area contributed by atoms with Crippen LogP contribution in [0.25, 0.3) is 10.3 Å². The second-order valence-corrected chi connectivity index (χ2v) is 11.2. The highest BCUT2D eigenvalue weighted by atomic mass is 32.2. The van der Waals surface area contributed by atoms with Crippen molar-refractivity contribution in [2.45, 2.75) is 17.7 Å². The summed E-state index contributed by atoms with van der Waals surface area (Å²) in [5.41, 5.74) is 0.876. The van der Waals surface area contributed by atoms with Gasteiger partial charge in [0.1, 0.15) is 16.2 Å². The van der Waals surface area contributed by atoms with Crippen LogP contribution in [-0.4, -0.2) is 72.8 Å². The third-order valence-corrected chi connectivity index (χ3v) is 9.12. The maximum atomic E-state index is 13.2. The third-order valence-electron chi connectivity index (χ3n) is 6.20. The number of fused-ring (bicyclic) bond motifs is 1. The van der Waals surface area contributed by atoms with E-state index in [2.05, 4.69) is 14.9 Å². The summed E-state index contributed by atoms with van der Waals surface area (Å²) >= 11 is 1.55. The molecule has 1 aromatic carbocycles. The first-order valence-electron chi connectivity index (χ1n) is 10.9. The number of piperazine rings is 1. The van der Waals surface area contributed by atoms with Gasteiger partial charge < -0.3 is 9.80 Å². The Morgan fingerprint density at radius 3 is 2.55 bits per heavy atom. The van der Waals surface area contributed by atoms with Gasteiger partial charge in [0.05, 0.1) is 10.8 Å². The molecule has 5 rings (SSSR count). The summed E-state index contributed by atoms with van der Waals surface area (Å²) in [6, 6.07) is 8.63. The van der Waals surface area contributed by atoms with E-state index in [1.807, 2.05) is 17.0 Å². The average Bonchev–Trinajstić information content (AvgIpc) is 3.28. The number of sulfonamides is 1. The number of rotatable bonds is 4. The van der Waals surface area contributed by atoms with Gasteiger partial charge in [-0.15, -0.1) is 0 Å². The molecule has 2 fully saturated rings. The van der Waals surface area contributed by atoms with E-state index in [4.69, 9.17) is 0 Å². The molecule has 0 aliphatic carbocycles. The van der Waals surface area contributed by atoms with Crippen LogP contribution < -0.4 is 4.90 Å². The Labute approximate surface area is 195 Å². The Morgan fingerprint density at radius 2 is 1.82 bits per heavy atom. The summed E-state index contributed by atoms with van der Waals surface area (Å²) in [6.07, 6.45) is 3.04. The fourth-order valence-electron chi connectivity index (χ4n) is 4.39. The van der Waals surface area contributed by atoms with E-state index in [0.717, 1.165) is 27.6 Å². The number of carbonyl (C=O) groups is 1. The number of halogens is 1. The summed E-state index contributed by atoms with van der Waals surface area (Å²) < 4.78 is 40.5. The molecule has 0 N–H and O–H groups in total. The Bertz CT molecular complexity index is 1220. The molecule has 174 valence electrons. The quantitative estimate of drug-likeness (QED) is 0.560. The lowest BCUT2D eigenvalue weighted by molar-refractivity contribution is -0.137. The summed E-state index contributed by atoms with van der Waals surface area (Å²) in [7, 11) is -3.76. The molecule has 0 radical (unpaired) electrons. The van der Waals surface area contributed by atoms with Crippen LogP contribution in [0, 0.1) is 11.7 Å². The van der Waals surface area contributed by atoms with Crippen molar-refractivity contribution < 1.29 is 17.6 Å². The molecule has 11 heteroatoms. The van der Waals surface area contributed by atoms with E-state index in [1.165, 1.54) is 16.4 Å². The number of hydrogen-bond acceptors (Lipinski definition) is 7. The number of thiazole rings is 1. The largest absolute Gasteiger partial charge is 0.344 e. The summed E-state index contributed by atoms with van der Waals surface area (Å²) in [5.74, 6) is -0.853. The Morgan fingerprint density at radius 1 is 1.06 bits per heavy atom. The van der Waals surface area contributed by atoms with Crippen molar-refractivity contribution in [3.8, 4) is 0 Å². The van der Waals surface area contributed by atoms with Gasteiger partial charge >= 0.3 is 0 Å². The monoisotopic (exact) mass is 489 g/mol. The van der Waals surface area contributed by atoms with Crippen molar-refractivity contribution in [3.63, 3.8) is 0 Å². The lowest BCUT2D eigenvalue weighted by Gasteiger charge is -2.38. The van der Waals surface area contributed by atoms with Crippen LogP contribution in [0.5, 0.6) is 0 Å². The van der Waals surface area contributed by atoms with E-state index in [-0.39, 0.29) is 23.3 Å². The number of aromatic nitrogens is 2. The maximum Gasteiger partial charge on any atom is 0.243 e. The molecule has 0 bridgehead atoms. The van der Waals surface area contributed by atoms with Gasteiger partial charge in [-0.2, -0.15) is 4.31 Å². The first-order chi connectivity index (χ1) is 15.9. The first kappa shape index (κ1) is 22.2. The van der Waals surface area contributed by atoms with Gasteiger partial charge in [0.2, 0.25) is 15.9 Å². The number of amides is 1. The summed E-state index contributed by atoms with van der Waals surface area (Å²) in [4.78, 5) is 27.2. The molecule has 1 unspecified atom stereocenters. The smallest absolute Gasteiger partial charge is 0.243 e. The van der Waals surface area contributed by atoms with Gasteiger partial charge in [0, 0.05) is 45.5 Å². The van der Waals surface area contributed by atoms with Crippen molar-refractivity contribution in [1.29, 1.82) is 0 Å². The Kier molecular flexibility index (Phi) is 6.02.